The van der Waals surface area contributed by atoms with E-state index in [0.29, 0.717) is 54.0 Å². The van der Waals surface area contributed by atoms with E-state index in [-0.39, 0.29) is 88.8 Å². The van der Waals surface area contributed by atoms with Gasteiger partial charge in [-0.2, -0.15) is 0 Å². The van der Waals surface area contributed by atoms with Crippen molar-refractivity contribution in [2.24, 2.45) is 113 Å². The summed E-state index contributed by atoms with van der Waals surface area (Å²) in [5.41, 5.74) is 1.15. The van der Waals surface area contributed by atoms with Gasteiger partial charge < -0.3 is 49.6 Å². The molecule has 10 unspecified atom stereocenters. The molecule has 11 aliphatic rings. The first kappa shape index (κ1) is 62.2. The van der Waals surface area contributed by atoms with Gasteiger partial charge in [-0.15, -0.1) is 0 Å². The molecule has 1 heterocycles. The van der Waals surface area contributed by atoms with E-state index < -0.39 is 52.4 Å². The van der Waals surface area contributed by atoms with Gasteiger partial charge in [0, 0.05) is 10.8 Å². The third-order valence-corrected chi connectivity index (χ3v) is 29.3. The number of hydrogen-bond donors (Lipinski definition) is 6. The van der Waals surface area contributed by atoms with E-state index in [9.17, 15) is 40.2 Å². The first-order valence-corrected chi connectivity index (χ1v) is 32.7. The summed E-state index contributed by atoms with van der Waals surface area (Å²) in [5.74, 6) is 2.81. The molecule has 1 aliphatic heterocycles. The first-order chi connectivity index (χ1) is 37.8. The van der Waals surface area contributed by atoms with Crippen molar-refractivity contribution in [1.82, 2.24) is 0 Å². The standard InChI is InChI=1S/C36H58O6.C33H54O6/c1-22(2)24-11-16-36(30(39)40-19-23-20-41-31(3,4)42-23)18-17-34(7)25(29(24)36)9-10-27-32(5)14-13-28(38)33(6,21-37)26(32)12-15-35(27,34)8;1-20(2)22-9-14-33(28(38)39-18-21(36)17-34)16-15-31(5)23(27(22)33)7-8-25-29(3)12-11-26(37)30(4,19-35)24(29)10-13-32(25,31)6/h23-29,37-38H,1,9-21H2,2-8H3;21-27,34-37H,1,7-19H2,2-6H3/t23?,24-,25?,26?,27?,28-,29?,32-,33-,34+,35+,36-;21?,22-,23?,24?,25?,26-,27?,29-,30-,31+,32+,33-/m00/s1. The molecule has 11 rings (SSSR count). The van der Waals surface area contributed by atoms with E-state index in [1.807, 2.05) is 13.8 Å². The minimum atomic E-state index is -1.04. The second-order valence-electron chi connectivity index (χ2n) is 32.6. The van der Waals surface area contributed by atoms with Crippen LogP contribution in [-0.4, -0.2) is 112 Å². The lowest BCUT2D eigenvalue weighted by atomic mass is 9.32. The molecule has 10 saturated carbocycles. The van der Waals surface area contributed by atoms with Gasteiger partial charge in [0.1, 0.15) is 25.4 Å². The number of fused-ring (bicyclic) bond motifs is 14. The smallest absolute Gasteiger partial charge is 0.312 e. The van der Waals surface area contributed by atoms with Crippen LogP contribution in [0.25, 0.3) is 0 Å². The Balaban J connectivity index is 0.000000182. The zero-order valence-electron chi connectivity index (χ0n) is 52.5. The third kappa shape index (κ3) is 8.93. The van der Waals surface area contributed by atoms with Crippen LogP contribution in [0.2, 0.25) is 0 Å². The number of allylic oxidation sites excluding steroid dienone is 2. The SMILES string of the molecule is C=C(C)[C@@H]1CC[C@]2(C(=O)OCC(O)CO)CC[C@]3(C)C(CCC4[C@@]5(C)CC[C@H](O)[C@@](C)(CO)C5CC[C@]43C)C12.C=C(C)[C@@H]1CC[C@]2(C(=O)OCC3COC(C)(C)O3)CC[C@]3(C)C(CCC4[C@@]5(C)CC[C@H](O)[C@@](C)(CO)C5CC[C@]43C)C12. The van der Waals surface area contributed by atoms with Gasteiger partial charge in [0.15, 0.2) is 5.79 Å². The highest BCUT2D eigenvalue weighted by atomic mass is 16.7. The van der Waals surface area contributed by atoms with Gasteiger partial charge in [-0.3, -0.25) is 9.59 Å². The summed E-state index contributed by atoms with van der Waals surface area (Å²) in [4.78, 5) is 28.0. The second kappa shape index (κ2) is 21.2. The minimum Gasteiger partial charge on any atom is -0.462 e. The molecular formula is C69H112O12. The molecule has 10 aliphatic carbocycles. The second-order valence-corrected chi connectivity index (χ2v) is 32.6. The first-order valence-electron chi connectivity index (χ1n) is 32.7. The molecule has 81 heavy (non-hydrogen) atoms. The monoisotopic (exact) mass is 1130 g/mol. The molecule has 12 heteroatoms. The van der Waals surface area contributed by atoms with E-state index in [2.05, 4.69) is 82.4 Å². The molecule has 0 bridgehead atoms. The summed E-state index contributed by atoms with van der Waals surface area (Å²) in [6, 6.07) is 0. The maximum absolute atomic E-state index is 14.2. The Morgan fingerprint density at radius 2 is 0.963 bits per heavy atom. The van der Waals surface area contributed by atoms with Crippen LogP contribution in [0, 0.1) is 113 Å². The van der Waals surface area contributed by atoms with Crippen molar-refractivity contribution in [2.75, 3.05) is 39.6 Å². The molecule has 0 spiro atoms. The fourth-order valence-electron chi connectivity index (χ4n) is 24.6. The predicted molar refractivity (Wildman–Crippen MR) is 313 cm³/mol. The number of carbonyl (C=O) groups is 2. The largest absolute Gasteiger partial charge is 0.462 e. The molecule has 0 radical (unpaired) electrons. The van der Waals surface area contributed by atoms with E-state index >= 15 is 0 Å². The van der Waals surface area contributed by atoms with Crippen LogP contribution < -0.4 is 0 Å². The van der Waals surface area contributed by atoms with Gasteiger partial charge in [0.25, 0.3) is 0 Å². The highest BCUT2D eigenvalue weighted by molar-refractivity contribution is 5.79. The lowest BCUT2D eigenvalue weighted by Gasteiger charge is -2.72. The summed E-state index contributed by atoms with van der Waals surface area (Å²) in [5, 5.41) is 62.3. The summed E-state index contributed by atoms with van der Waals surface area (Å²) in [6.45, 7) is 36.6. The molecule has 11 fully saturated rings. The zero-order chi connectivity index (χ0) is 59.1. The fraction of sp³-hybridized carbons (Fsp3) is 0.913. The molecule has 0 aromatic heterocycles. The van der Waals surface area contributed by atoms with Crippen molar-refractivity contribution < 1.29 is 59.2 Å². The number of esters is 2. The molecule has 12 nitrogen and oxygen atoms in total. The summed E-state index contributed by atoms with van der Waals surface area (Å²) < 4.78 is 23.6. The van der Waals surface area contributed by atoms with Gasteiger partial charge in [0.2, 0.25) is 0 Å². The third-order valence-electron chi connectivity index (χ3n) is 29.3. The van der Waals surface area contributed by atoms with Gasteiger partial charge in [-0.05, 0) is 248 Å². The Hall–Kier alpha value is -1.90. The molecule has 1 saturated heterocycles. The Morgan fingerprint density at radius 3 is 1.35 bits per heavy atom. The number of hydrogen-bond acceptors (Lipinski definition) is 12. The molecule has 0 amide bonds. The number of aliphatic hydroxyl groups is 6. The van der Waals surface area contributed by atoms with Gasteiger partial charge in [-0.25, -0.2) is 0 Å². The van der Waals surface area contributed by atoms with Crippen LogP contribution in [0.5, 0.6) is 0 Å². The predicted octanol–water partition coefficient (Wildman–Crippen LogP) is 11.5. The van der Waals surface area contributed by atoms with E-state index in [1.165, 1.54) is 5.57 Å². The average molecular weight is 1130 g/mol. The van der Waals surface area contributed by atoms with Gasteiger partial charge in [0.05, 0.1) is 49.5 Å². The molecule has 6 N–H and O–H groups in total. The van der Waals surface area contributed by atoms with Crippen molar-refractivity contribution in [3.8, 4) is 0 Å². The summed E-state index contributed by atoms with van der Waals surface area (Å²) >= 11 is 0. The quantitative estimate of drug-likeness (QED) is 0.0849. The van der Waals surface area contributed by atoms with E-state index in [1.54, 1.807) is 0 Å². The minimum absolute atomic E-state index is 0.0190. The average Bonchev–Trinajstić information content (AvgIpc) is 3.16. The Labute approximate surface area is 488 Å². The molecule has 0 aromatic rings. The van der Waals surface area contributed by atoms with Crippen LogP contribution in [0.1, 0.15) is 212 Å². The van der Waals surface area contributed by atoms with Crippen LogP contribution in [0.3, 0.4) is 0 Å². The van der Waals surface area contributed by atoms with Crippen LogP contribution in [-0.2, 0) is 28.5 Å². The van der Waals surface area contributed by atoms with Gasteiger partial charge in [-0.1, -0.05) is 79.7 Å². The highest BCUT2D eigenvalue weighted by Crippen LogP contribution is 2.80. The Morgan fingerprint density at radius 1 is 0.531 bits per heavy atom. The number of ether oxygens (including phenoxy) is 4. The number of aliphatic hydroxyl groups excluding tert-OH is 6. The van der Waals surface area contributed by atoms with Gasteiger partial charge >= 0.3 is 11.9 Å². The van der Waals surface area contributed by atoms with E-state index in [0.717, 1.165) is 134 Å². The van der Waals surface area contributed by atoms with Crippen molar-refractivity contribution >= 4 is 11.9 Å². The zero-order valence-corrected chi connectivity index (χ0v) is 52.5. The van der Waals surface area contributed by atoms with Crippen LogP contribution >= 0.6 is 0 Å². The van der Waals surface area contributed by atoms with Crippen LogP contribution in [0.4, 0.5) is 0 Å². The Bertz CT molecular complexity index is 2410. The highest BCUT2D eigenvalue weighted by Gasteiger charge is 2.75. The molecule has 460 valence electrons. The Kier molecular flexibility index (Phi) is 16.2. The molecule has 0 aromatic carbocycles. The maximum Gasteiger partial charge on any atom is 0.312 e. The van der Waals surface area contributed by atoms with Crippen molar-refractivity contribution in [3.05, 3.63) is 24.3 Å². The lowest BCUT2D eigenvalue weighted by molar-refractivity contribution is -0.254. The fourth-order valence-corrected chi connectivity index (χ4v) is 24.6. The summed E-state index contributed by atoms with van der Waals surface area (Å²) in [6.07, 6.45) is 17.7. The maximum atomic E-state index is 14.2. The normalized spacial score (nSPS) is 52.3. The number of carbonyl (C=O) groups excluding carboxylic acids is 2. The lowest BCUT2D eigenvalue weighted by Crippen LogP contribution is -2.67. The number of rotatable bonds is 11. The molecule has 24 atom stereocenters. The molecular weight excluding hydrogens is 1020 g/mol. The van der Waals surface area contributed by atoms with Crippen molar-refractivity contribution in [2.45, 2.75) is 242 Å². The topological polar surface area (TPSA) is 192 Å². The van der Waals surface area contributed by atoms with Crippen molar-refractivity contribution in [1.29, 1.82) is 0 Å². The summed E-state index contributed by atoms with van der Waals surface area (Å²) in [7, 11) is 0. The van der Waals surface area contributed by atoms with Crippen LogP contribution in [0.15, 0.2) is 24.3 Å². The van der Waals surface area contributed by atoms with Crippen molar-refractivity contribution in [3.63, 3.8) is 0 Å². The van der Waals surface area contributed by atoms with E-state index in [4.69, 9.17) is 18.9 Å².